The van der Waals surface area contributed by atoms with Crippen LogP contribution in [-0.2, 0) is 21.2 Å². The van der Waals surface area contributed by atoms with Gasteiger partial charge in [-0.25, -0.2) is 17.5 Å². The molecule has 0 heterocycles. The second kappa shape index (κ2) is 5.88. The Labute approximate surface area is 116 Å². The molecule has 0 aromatic heterocycles. The number of benzene rings is 1. The zero-order valence-electron chi connectivity index (χ0n) is 10.8. The molecule has 1 fully saturated rings. The maximum absolute atomic E-state index is 12.9. The summed E-state index contributed by atoms with van der Waals surface area (Å²) in [5.41, 5.74) is 0.616. The van der Waals surface area contributed by atoms with E-state index in [1.165, 1.54) is 18.2 Å². The number of halogens is 1. The van der Waals surface area contributed by atoms with Crippen molar-refractivity contribution in [2.45, 2.75) is 12.8 Å². The minimum atomic E-state index is -3.46. The van der Waals surface area contributed by atoms with Crippen LogP contribution in [0.3, 0.4) is 0 Å². The van der Waals surface area contributed by atoms with E-state index in [1.807, 2.05) is 0 Å². The number of hydrogen-bond acceptors (Lipinski definition) is 3. The van der Waals surface area contributed by atoms with Gasteiger partial charge >= 0.3 is 5.97 Å². The standard InChI is InChI=1S/C13H16FNO4S/c14-11-3-1-2-9(6-11)4-5-20(18,19)15-8-10-7-12(10)13(16)17/h1-3,6,10,12,15H,4-5,7-8H2,(H,16,17)/t10-,12+/m0/s1. The summed E-state index contributed by atoms with van der Waals surface area (Å²) >= 11 is 0. The van der Waals surface area contributed by atoms with Gasteiger partial charge < -0.3 is 5.11 Å². The molecule has 1 aliphatic rings. The molecule has 0 unspecified atom stereocenters. The van der Waals surface area contributed by atoms with Crippen LogP contribution in [0, 0.1) is 17.7 Å². The summed E-state index contributed by atoms with van der Waals surface area (Å²) in [5, 5.41) is 8.72. The zero-order chi connectivity index (χ0) is 14.8. The molecular weight excluding hydrogens is 285 g/mol. The number of carboxylic acids is 1. The average molecular weight is 301 g/mol. The third kappa shape index (κ3) is 4.28. The van der Waals surface area contributed by atoms with E-state index in [1.54, 1.807) is 6.07 Å². The van der Waals surface area contributed by atoms with Crippen LogP contribution >= 0.6 is 0 Å². The second-order valence-corrected chi connectivity index (χ2v) is 6.91. The van der Waals surface area contributed by atoms with Crippen LogP contribution in [-0.4, -0.2) is 31.8 Å². The lowest BCUT2D eigenvalue weighted by Crippen LogP contribution is -2.29. The summed E-state index contributed by atoms with van der Waals surface area (Å²) in [6, 6.07) is 5.80. The maximum Gasteiger partial charge on any atom is 0.306 e. The minimum Gasteiger partial charge on any atom is -0.481 e. The molecule has 0 aliphatic heterocycles. The van der Waals surface area contributed by atoms with Gasteiger partial charge in [-0.3, -0.25) is 4.79 Å². The summed E-state index contributed by atoms with van der Waals surface area (Å²) in [4.78, 5) is 10.6. The summed E-state index contributed by atoms with van der Waals surface area (Å²) in [6.45, 7) is 0.155. The van der Waals surface area contributed by atoms with Gasteiger partial charge in [-0.1, -0.05) is 12.1 Å². The molecule has 7 heteroatoms. The van der Waals surface area contributed by atoms with E-state index in [-0.39, 0.29) is 24.6 Å². The van der Waals surface area contributed by atoms with E-state index in [0.29, 0.717) is 12.0 Å². The highest BCUT2D eigenvalue weighted by atomic mass is 32.2. The van der Waals surface area contributed by atoms with E-state index >= 15 is 0 Å². The van der Waals surface area contributed by atoms with E-state index < -0.39 is 27.7 Å². The number of carbonyl (C=O) groups is 1. The summed E-state index contributed by atoms with van der Waals surface area (Å²) in [5.74, 6) is -1.96. The first-order chi connectivity index (χ1) is 9.37. The molecular formula is C13H16FNO4S. The Kier molecular flexibility index (Phi) is 4.39. The Hall–Kier alpha value is -1.47. The number of aryl methyl sites for hydroxylation is 1. The Morgan fingerprint density at radius 2 is 2.20 bits per heavy atom. The van der Waals surface area contributed by atoms with Crippen LogP contribution in [0.4, 0.5) is 4.39 Å². The number of rotatable bonds is 7. The SMILES string of the molecule is O=C(O)[C@@H]1C[C@H]1CNS(=O)(=O)CCc1cccc(F)c1. The normalized spacial score (nSPS) is 21.6. The molecule has 1 aromatic rings. The van der Waals surface area contributed by atoms with E-state index in [4.69, 9.17) is 5.11 Å². The Morgan fingerprint density at radius 1 is 1.45 bits per heavy atom. The topological polar surface area (TPSA) is 83.5 Å². The molecule has 0 radical (unpaired) electrons. The van der Waals surface area contributed by atoms with Crippen molar-refractivity contribution in [1.82, 2.24) is 4.72 Å². The third-order valence-corrected chi connectivity index (χ3v) is 4.70. The summed E-state index contributed by atoms with van der Waals surface area (Å²) < 4.78 is 38.8. The quantitative estimate of drug-likeness (QED) is 0.787. The largest absolute Gasteiger partial charge is 0.481 e. The van der Waals surface area contributed by atoms with Crippen molar-refractivity contribution in [3.8, 4) is 0 Å². The molecule has 2 N–H and O–H groups in total. The smallest absolute Gasteiger partial charge is 0.306 e. The predicted octanol–water partition coefficient (Wildman–Crippen LogP) is 1.01. The van der Waals surface area contributed by atoms with Gasteiger partial charge in [0.25, 0.3) is 0 Å². The molecule has 20 heavy (non-hydrogen) atoms. The fourth-order valence-electron chi connectivity index (χ4n) is 2.03. The van der Waals surface area contributed by atoms with Gasteiger partial charge in [0.1, 0.15) is 5.82 Å². The lowest BCUT2D eigenvalue weighted by Gasteiger charge is -2.06. The van der Waals surface area contributed by atoms with Crippen molar-refractivity contribution in [3.05, 3.63) is 35.6 Å². The highest BCUT2D eigenvalue weighted by Gasteiger charge is 2.43. The van der Waals surface area contributed by atoms with Crippen LogP contribution in [0.25, 0.3) is 0 Å². The van der Waals surface area contributed by atoms with Crippen LogP contribution in [0.1, 0.15) is 12.0 Å². The number of hydrogen-bond donors (Lipinski definition) is 2. The minimum absolute atomic E-state index is 0.114. The van der Waals surface area contributed by atoms with Crippen molar-refractivity contribution in [2.24, 2.45) is 11.8 Å². The molecule has 2 atom stereocenters. The molecule has 1 aliphatic carbocycles. The lowest BCUT2D eigenvalue weighted by atomic mass is 10.2. The number of nitrogens with one attached hydrogen (secondary N) is 1. The molecule has 0 saturated heterocycles. The van der Waals surface area contributed by atoms with Gasteiger partial charge in [0.05, 0.1) is 11.7 Å². The first kappa shape index (κ1) is 14.9. The first-order valence-electron chi connectivity index (χ1n) is 6.32. The number of carboxylic acid groups (broad SMARTS) is 1. The van der Waals surface area contributed by atoms with Crippen LogP contribution in [0.15, 0.2) is 24.3 Å². The lowest BCUT2D eigenvalue weighted by molar-refractivity contribution is -0.138. The predicted molar refractivity (Wildman–Crippen MR) is 71.1 cm³/mol. The Balaban J connectivity index is 1.78. The highest BCUT2D eigenvalue weighted by Crippen LogP contribution is 2.37. The zero-order valence-corrected chi connectivity index (χ0v) is 11.6. The van der Waals surface area contributed by atoms with E-state index in [0.717, 1.165) is 0 Å². The van der Waals surface area contributed by atoms with Crippen molar-refractivity contribution in [1.29, 1.82) is 0 Å². The fraction of sp³-hybridized carbons (Fsp3) is 0.462. The van der Waals surface area contributed by atoms with Gasteiger partial charge in [-0.05, 0) is 36.5 Å². The molecule has 0 amide bonds. The van der Waals surface area contributed by atoms with Crippen molar-refractivity contribution in [3.63, 3.8) is 0 Å². The molecule has 1 aromatic carbocycles. The maximum atomic E-state index is 12.9. The Bertz CT molecular complexity index is 602. The highest BCUT2D eigenvalue weighted by molar-refractivity contribution is 7.89. The summed E-state index contributed by atoms with van der Waals surface area (Å²) in [7, 11) is -3.46. The molecule has 0 spiro atoms. The molecule has 5 nitrogen and oxygen atoms in total. The van der Waals surface area contributed by atoms with Gasteiger partial charge in [0.15, 0.2) is 0 Å². The van der Waals surface area contributed by atoms with Crippen molar-refractivity contribution < 1.29 is 22.7 Å². The molecule has 1 saturated carbocycles. The third-order valence-electron chi connectivity index (χ3n) is 3.35. The molecule has 0 bridgehead atoms. The van der Waals surface area contributed by atoms with E-state index in [2.05, 4.69) is 4.72 Å². The van der Waals surface area contributed by atoms with Gasteiger partial charge in [0, 0.05) is 6.54 Å². The van der Waals surface area contributed by atoms with Crippen molar-refractivity contribution >= 4 is 16.0 Å². The number of sulfonamides is 1. The van der Waals surface area contributed by atoms with Gasteiger partial charge in [-0.15, -0.1) is 0 Å². The molecule has 2 rings (SSSR count). The number of aliphatic carboxylic acids is 1. The van der Waals surface area contributed by atoms with Crippen LogP contribution in [0.2, 0.25) is 0 Å². The first-order valence-corrected chi connectivity index (χ1v) is 7.97. The van der Waals surface area contributed by atoms with Crippen LogP contribution in [0.5, 0.6) is 0 Å². The fourth-order valence-corrected chi connectivity index (χ4v) is 3.14. The second-order valence-electron chi connectivity index (χ2n) is 4.99. The summed E-state index contributed by atoms with van der Waals surface area (Å²) in [6.07, 6.45) is 0.738. The monoisotopic (exact) mass is 301 g/mol. The van der Waals surface area contributed by atoms with Gasteiger partial charge in [0.2, 0.25) is 10.0 Å². The average Bonchev–Trinajstić information content (AvgIpc) is 3.14. The Morgan fingerprint density at radius 3 is 2.80 bits per heavy atom. The van der Waals surface area contributed by atoms with Gasteiger partial charge in [-0.2, -0.15) is 0 Å². The van der Waals surface area contributed by atoms with Crippen molar-refractivity contribution in [2.75, 3.05) is 12.3 Å². The van der Waals surface area contributed by atoms with E-state index in [9.17, 15) is 17.6 Å². The van der Waals surface area contributed by atoms with Crippen LogP contribution < -0.4 is 4.72 Å². The molecule has 110 valence electrons.